The minimum atomic E-state index is 0.0432. The molecule has 5 nitrogen and oxygen atoms in total. The van der Waals surface area contributed by atoms with E-state index < -0.39 is 0 Å². The molecule has 1 aromatic heterocycles. The van der Waals surface area contributed by atoms with Gasteiger partial charge in [-0.2, -0.15) is 4.98 Å². The standard InChI is InChI=1S/C13H18N2O3/c1-17-10-8-14-11(13(15-10)18-2)12(16)9-6-4-3-5-7-9/h8-9H,3-7H2,1-2H3. The van der Waals surface area contributed by atoms with E-state index in [1.54, 1.807) is 0 Å². The van der Waals surface area contributed by atoms with Crippen LogP contribution in [0, 0.1) is 5.92 Å². The van der Waals surface area contributed by atoms with Crippen molar-refractivity contribution in [2.45, 2.75) is 32.1 Å². The summed E-state index contributed by atoms with van der Waals surface area (Å²) >= 11 is 0. The van der Waals surface area contributed by atoms with Crippen LogP contribution < -0.4 is 9.47 Å². The van der Waals surface area contributed by atoms with Crippen molar-refractivity contribution in [3.05, 3.63) is 11.9 Å². The Morgan fingerprint density at radius 2 is 1.94 bits per heavy atom. The molecule has 0 unspecified atom stereocenters. The maximum absolute atomic E-state index is 12.4. The van der Waals surface area contributed by atoms with Crippen molar-refractivity contribution in [2.75, 3.05) is 14.2 Å². The molecule has 0 aromatic carbocycles. The topological polar surface area (TPSA) is 61.3 Å². The summed E-state index contributed by atoms with van der Waals surface area (Å²) < 4.78 is 10.1. The highest BCUT2D eigenvalue weighted by Crippen LogP contribution is 2.29. The van der Waals surface area contributed by atoms with Gasteiger partial charge in [0.25, 0.3) is 0 Å². The molecule has 0 saturated heterocycles. The summed E-state index contributed by atoms with van der Waals surface area (Å²) in [6.07, 6.45) is 6.78. The molecule has 1 fully saturated rings. The van der Waals surface area contributed by atoms with E-state index in [1.165, 1.54) is 26.8 Å². The second-order valence-corrected chi connectivity index (χ2v) is 4.47. The Bertz CT molecular complexity index is 428. The molecule has 0 aliphatic heterocycles. The Kier molecular flexibility index (Phi) is 4.12. The number of ether oxygens (including phenoxy) is 2. The highest BCUT2D eigenvalue weighted by molar-refractivity contribution is 5.98. The molecule has 0 bridgehead atoms. The summed E-state index contributed by atoms with van der Waals surface area (Å²) in [4.78, 5) is 20.6. The van der Waals surface area contributed by atoms with Gasteiger partial charge in [-0.05, 0) is 12.8 Å². The first kappa shape index (κ1) is 12.8. The Labute approximate surface area is 107 Å². The molecule has 1 aliphatic carbocycles. The molecule has 1 heterocycles. The van der Waals surface area contributed by atoms with Crippen LogP contribution in [0.15, 0.2) is 6.20 Å². The van der Waals surface area contributed by atoms with Crippen molar-refractivity contribution in [1.82, 2.24) is 9.97 Å². The Balaban J connectivity index is 2.23. The van der Waals surface area contributed by atoms with Crippen molar-refractivity contribution in [2.24, 2.45) is 5.92 Å². The number of carbonyl (C=O) groups excluding carboxylic acids is 1. The van der Waals surface area contributed by atoms with Gasteiger partial charge in [0.2, 0.25) is 11.8 Å². The first-order valence-corrected chi connectivity index (χ1v) is 6.25. The monoisotopic (exact) mass is 250 g/mol. The van der Waals surface area contributed by atoms with Crippen LogP contribution in [-0.4, -0.2) is 30.0 Å². The van der Waals surface area contributed by atoms with Gasteiger partial charge in [-0.3, -0.25) is 4.79 Å². The maximum atomic E-state index is 12.4. The third-order valence-electron chi connectivity index (χ3n) is 3.33. The lowest BCUT2D eigenvalue weighted by molar-refractivity contribution is 0.0879. The van der Waals surface area contributed by atoms with Crippen molar-refractivity contribution in [3.63, 3.8) is 0 Å². The van der Waals surface area contributed by atoms with Gasteiger partial charge in [0.05, 0.1) is 20.4 Å². The van der Waals surface area contributed by atoms with Crippen LogP contribution >= 0.6 is 0 Å². The molecule has 2 rings (SSSR count). The van der Waals surface area contributed by atoms with Crippen LogP contribution in [0.5, 0.6) is 11.8 Å². The number of aromatic nitrogens is 2. The third kappa shape index (κ3) is 2.60. The Morgan fingerprint density at radius 1 is 1.22 bits per heavy atom. The highest BCUT2D eigenvalue weighted by Gasteiger charge is 2.26. The van der Waals surface area contributed by atoms with E-state index in [2.05, 4.69) is 9.97 Å². The van der Waals surface area contributed by atoms with Crippen LogP contribution in [-0.2, 0) is 0 Å². The lowest BCUT2D eigenvalue weighted by Gasteiger charge is -2.20. The lowest BCUT2D eigenvalue weighted by atomic mass is 9.85. The second-order valence-electron chi connectivity index (χ2n) is 4.47. The zero-order valence-electron chi connectivity index (χ0n) is 10.8. The van der Waals surface area contributed by atoms with Crippen LogP contribution in [0.25, 0.3) is 0 Å². The number of ketones is 1. The highest BCUT2D eigenvalue weighted by atomic mass is 16.5. The maximum Gasteiger partial charge on any atom is 0.246 e. The Hall–Kier alpha value is -1.65. The van der Waals surface area contributed by atoms with Gasteiger partial charge >= 0.3 is 0 Å². The molecule has 0 atom stereocenters. The minimum absolute atomic E-state index is 0.0432. The van der Waals surface area contributed by atoms with Gasteiger partial charge in [0, 0.05) is 5.92 Å². The molecular formula is C13H18N2O3. The third-order valence-corrected chi connectivity index (χ3v) is 3.33. The fraction of sp³-hybridized carbons (Fsp3) is 0.615. The summed E-state index contributed by atoms with van der Waals surface area (Å²) in [6.45, 7) is 0. The Morgan fingerprint density at radius 3 is 2.56 bits per heavy atom. The SMILES string of the molecule is COc1cnc(C(=O)C2CCCCC2)c(OC)n1. The van der Waals surface area contributed by atoms with E-state index in [0.29, 0.717) is 11.6 Å². The van der Waals surface area contributed by atoms with Crippen LogP contribution in [0.1, 0.15) is 42.6 Å². The van der Waals surface area contributed by atoms with Crippen LogP contribution in [0.2, 0.25) is 0 Å². The zero-order valence-corrected chi connectivity index (χ0v) is 10.8. The second kappa shape index (κ2) is 5.80. The lowest BCUT2D eigenvalue weighted by Crippen LogP contribution is -2.20. The fourth-order valence-electron chi connectivity index (χ4n) is 2.32. The summed E-state index contributed by atoms with van der Waals surface area (Å²) in [5.74, 6) is 0.717. The van der Waals surface area contributed by atoms with Crippen LogP contribution in [0.3, 0.4) is 0 Å². The van der Waals surface area contributed by atoms with E-state index >= 15 is 0 Å². The van der Waals surface area contributed by atoms with Crippen molar-refractivity contribution in [3.8, 4) is 11.8 Å². The number of hydrogen-bond acceptors (Lipinski definition) is 5. The molecule has 0 N–H and O–H groups in total. The average molecular weight is 250 g/mol. The molecule has 18 heavy (non-hydrogen) atoms. The molecule has 98 valence electrons. The van der Waals surface area contributed by atoms with E-state index in [1.807, 2.05) is 0 Å². The zero-order chi connectivity index (χ0) is 13.0. The molecule has 1 saturated carbocycles. The first-order valence-electron chi connectivity index (χ1n) is 6.25. The predicted molar refractivity (Wildman–Crippen MR) is 66.0 cm³/mol. The number of hydrogen-bond donors (Lipinski definition) is 0. The molecule has 0 amide bonds. The average Bonchev–Trinajstić information content (AvgIpc) is 2.46. The van der Waals surface area contributed by atoms with Gasteiger partial charge < -0.3 is 9.47 Å². The smallest absolute Gasteiger partial charge is 0.246 e. The van der Waals surface area contributed by atoms with Gasteiger partial charge in [-0.1, -0.05) is 19.3 Å². The summed E-state index contributed by atoms with van der Waals surface area (Å²) in [6, 6.07) is 0. The first-order chi connectivity index (χ1) is 8.76. The number of carbonyl (C=O) groups is 1. The van der Waals surface area contributed by atoms with E-state index in [4.69, 9.17) is 9.47 Å². The molecule has 1 aromatic rings. The summed E-state index contributed by atoms with van der Waals surface area (Å²) in [7, 11) is 2.99. The number of methoxy groups -OCH3 is 2. The number of nitrogens with zero attached hydrogens (tertiary/aromatic N) is 2. The largest absolute Gasteiger partial charge is 0.480 e. The molecule has 5 heteroatoms. The van der Waals surface area contributed by atoms with Gasteiger partial charge in [0.15, 0.2) is 11.5 Å². The van der Waals surface area contributed by atoms with Gasteiger partial charge in [-0.15, -0.1) is 0 Å². The molecule has 0 radical (unpaired) electrons. The summed E-state index contributed by atoms with van der Waals surface area (Å²) in [5, 5.41) is 0. The van der Waals surface area contributed by atoms with Crippen molar-refractivity contribution in [1.29, 1.82) is 0 Å². The summed E-state index contributed by atoms with van der Waals surface area (Å²) in [5.41, 5.74) is 0.324. The molecule has 1 aliphatic rings. The number of Topliss-reactive ketones (excluding diaryl/α,β-unsaturated/α-hetero) is 1. The number of rotatable bonds is 4. The van der Waals surface area contributed by atoms with Crippen molar-refractivity contribution >= 4 is 5.78 Å². The van der Waals surface area contributed by atoms with Gasteiger partial charge in [0.1, 0.15) is 0 Å². The van der Waals surface area contributed by atoms with E-state index in [-0.39, 0.29) is 17.6 Å². The molecule has 0 spiro atoms. The normalized spacial score (nSPS) is 16.3. The fourth-order valence-corrected chi connectivity index (χ4v) is 2.32. The van der Waals surface area contributed by atoms with E-state index in [9.17, 15) is 4.79 Å². The minimum Gasteiger partial charge on any atom is -0.480 e. The molecular weight excluding hydrogens is 232 g/mol. The van der Waals surface area contributed by atoms with Gasteiger partial charge in [-0.25, -0.2) is 4.98 Å². The quantitative estimate of drug-likeness (QED) is 0.767. The van der Waals surface area contributed by atoms with Crippen molar-refractivity contribution < 1.29 is 14.3 Å². The van der Waals surface area contributed by atoms with E-state index in [0.717, 1.165) is 25.7 Å². The predicted octanol–water partition coefficient (Wildman–Crippen LogP) is 2.26. The van der Waals surface area contributed by atoms with Crippen LogP contribution in [0.4, 0.5) is 0 Å².